The fraction of sp³-hybridized carbons (Fsp3) is 0.176. The zero-order valence-corrected chi connectivity index (χ0v) is 13.9. The molecule has 3 aromatic rings. The van der Waals surface area contributed by atoms with Gasteiger partial charge in [0.25, 0.3) is 0 Å². The van der Waals surface area contributed by atoms with Crippen molar-refractivity contribution in [3.63, 3.8) is 0 Å². The van der Waals surface area contributed by atoms with E-state index >= 15 is 0 Å². The van der Waals surface area contributed by atoms with E-state index in [0.717, 1.165) is 11.1 Å². The number of nitrogens with zero attached hydrogens (tertiary/aromatic N) is 2. The quantitative estimate of drug-likeness (QED) is 0.699. The Morgan fingerprint density at radius 1 is 1.17 bits per heavy atom. The Hall–Kier alpha value is -2.47. The molecular weight excluding hydrogens is 308 g/mol. The van der Waals surface area contributed by atoms with E-state index in [9.17, 15) is 0 Å². The molecule has 0 radical (unpaired) electrons. The van der Waals surface area contributed by atoms with Gasteiger partial charge in [-0.25, -0.2) is 4.98 Å². The first-order valence-corrected chi connectivity index (χ1v) is 8.40. The van der Waals surface area contributed by atoms with Gasteiger partial charge in [-0.1, -0.05) is 12.1 Å². The number of anilines is 2. The van der Waals surface area contributed by atoms with Crippen molar-refractivity contribution < 1.29 is 4.74 Å². The number of benzene rings is 1. The number of methoxy groups -OCH3 is 1. The summed E-state index contributed by atoms with van der Waals surface area (Å²) in [6.07, 6.45) is 3.69. The third kappa shape index (κ3) is 3.32. The summed E-state index contributed by atoms with van der Waals surface area (Å²) >= 11 is 1.73. The average molecular weight is 326 g/mol. The van der Waals surface area contributed by atoms with Crippen molar-refractivity contribution in [1.82, 2.24) is 9.97 Å². The molecule has 3 rings (SSSR count). The number of thioether (sulfide) groups is 1. The summed E-state index contributed by atoms with van der Waals surface area (Å²) in [4.78, 5) is 9.86. The molecule has 0 bridgehead atoms. The van der Waals surface area contributed by atoms with Crippen molar-refractivity contribution in [2.45, 2.75) is 11.4 Å². The van der Waals surface area contributed by atoms with Crippen molar-refractivity contribution in [3.05, 3.63) is 48.2 Å². The predicted octanol–water partition coefficient (Wildman–Crippen LogP) is 3.55. The number of rotatable bonds is 5. The van der Waals surface area contributed by atoms with Gasteiger partial charge in [0.1, 0.15) is 0 Å². The number of pyridine rings is 2. The van der Waals surface area contributed by atoms with Crippen molar-refractivity contribution in [2.24, 2.45) is 0 Å². The van der Waals surface area contributed by atoms with Crippen LogP contribution in [0.5, 0.6) is 5.88 Å². The molecule has 0 aliphatic rings. The van der Waals surface area contributed by atoms with Crippen LogP contribution in [-0.4, -0.2) is 23.3 Å². The van der Waals surface area contributed by atoms with E-state index in [-0.39, 0.29) is 0 Å². The lowest BCUT2D eigenvalue weighted by molar-refractivity contribution is 0.399. The van der Waals surface area contributed by atoms with Crippen LogP contribution in [0.15, 0.2) is 47.5 Å². The van der Waals surface area contributed by atoms with Crippen LogP contribution in [0.1, 0.15) is 5.56 Å². The Bertz CT molecular complexity index is 821. The first-order chi connectivity index (χ1) is 11.2. The van der Waals surface area contributed by atoms with Gasteiger partial charge in [0, 0.05) is 22.9 Å². The highest BCUT2D eigenvalue weighted by molar-refractivity contribution is 7.98. The summed E-state index contributed by atoms with van der Waals surface area (Å²) in [5.74, 6) is 0.536. The molecule has 3 N–H and O–H groups in total. The second kappa shape index (κ2) is 6.75. The summed E-state index contributed by atoms with van der Waals surface area (Å²) in [6, 6.07) is 12.2. The molecule has 5 nitrogen and oxygen atoms in total. The SMILES string of the molecule is COc1ccc2c(NCc3ccc(SC)cc3)c(N)cnc2n1. The average Bonchev–Trinajstić information content (AvgIpc) is 2.61. The van der Waals surface area contributed by atoms with Crippen LogP contribution in [0.3, 0.4) is 0 Å². The van der Waals surface area contributed by atoms with Gasteiger partial charge in [-0.3, -0.25) is 0 Å². The van der Waals surface area contributed by atoms with Gasteiger partial charge in [0.15, 0.2) is 5.65 Å². The van der Waals surface area contributed by atoms with Crippen LogP contribution in [0.2, 0.25) is 0 Å². The third-order valence-corrected chi connectivity index (χ3v) is 4.31. The second-order valence-corrected chi connectivity index (χ2v) is 5.89. The van der Waals surface area contributed by atoms with Crippen LogP contribution < -0.4 is 15.8 Å². The number of nitrogens with two attached hydrogens (primary N) is 1. The van der Waals surface area contributed by atoms with Crippen molar-refractivity contribution in [1.29, 1.82) is 0 Å². The van der Waals surface area contributed by atoms with Gasteiger partial charge >= 0.3 is 0 Å². The lowest BCUT2D eigenvalue weighted by Crippen LogP contribution is -2.04. The Balaban J connectivity index is 1.87. The molecule has 0 atom stereocenters. The number of ether oxygens (including phenoxy) is 1. The van der Waals surface area contributed by atoms with Gasteiger partial charge in [-0.15, -0.1) is 11.8 Å². The Kier molecular flexibility index (Phi) is 4.52. The molecule has 0 aliphatic carbocycles. The minimum absolute atomic E-state index is 0.536. The molecule has 23 heavy (non-hydrogen) atoms. The molecule has 0 spiro atoms. The smallest absolute Gasteiger partial charge is 0.215 e. The first-order valence-electron chi connectivity index (χ1n) is 7.17. The monoisotopic (exact) mass is 326 g/mol. The number of nitrogens with one attached hydrogen (secondary N) is 1. The molecule has 2 aromatic heterocycles. The lowest BCUT2D eigenvalue weighted by Gasteiger charge is -2.12. The number of hydrogen-bond donors (Lipinski definition) is 2. The van der Waals surface area contributed by atoms with E-state index in [0.29, 0.717) is 23.8 Å². The van der Waals surface area contributed by atoms with Crippen LogP contribution in [0.4, 0.5) is 11.4 Å². The molecule has 118 valence electrons. The summed E-state index contributed by atoms with van der Waals surface area (Å²) in [5.41, 5.74) is 9.33. The maximum Gasteiger partial charge on any atom is 0.215 e. The minimum Gasteiger partial charge on any atom is -0.481 e. The van der Waals surface area contributed by atoms with E-state index in [1.165, 1.54) is 10.5 Å². The second-order valence-electron chi connectivity index (χ2n) is 5.01. The lowest BCUT2D eigenvalue weighted by atomic mass is 10.2. The Morgan fingerprint density at radius 3 is 2.65 bits per heavy atom. The van der Waals surface area contributed by atoms with E-state index in [2.05, 4.69) is 45.8 Å². The van der Waals surface area contributed by atoms with Gasteiger partial charge in [0.05, 0.1) is 24.7 Å². The van der Waals surface area contributed by atoms with Gasteiger partial charge in [-0.2, -0.15) is 4.98 Å². The van der Waals surface area contributed by atoms with Crippen LogP contribution in [-0.2, 0) is 6.54 Å². The van der Waals surface area contributed by atoms with E-state index in [4.69, 9.17) is 10.5 Å². The highest BCUT2D eigenvalue weighted by atomic mass is 32.2. The molecule has 0 aliphatic heterocycles. The van der Waals surface area contributed by atoms with Gasteiger partial charge in [-0.05, 0) is 30.0 Å². The maximum absolute atomic E-state index is 6.08. The highest BCUT2D eigenvalue weighted by Gasteiger charge is 2.09. The van der Waals surface area contributed by atoms with E-state index in [1.807, 2.05) is 12.1 Å². The molecule has 0 unspecified atom stereocenters. The predicted molar refractivity (Wildman–Crippen MR) is 96.1 cm³/mol. The summed E-state index contributed by atoms with van der Waals surface area (Å²) < 4.78 is 5.14. The fourth-order valence-electron chi connectivity index (χ4n) is 2.32. The zero-order chi connectivity index (χ0) is 16.2. The summed E-state index contributed by atoms with van der Waals surface area (Å²) in [7, 11) is 1.59. The zero-order valence-electron chi connectivity index (χ0n) is 13.0. The molecule has 6 heteroatoms. The summed E-state index contributed by atoms with van der Waals surface area (Å²) in [6.45, 7) is 0.685. The first kappa shape index (κ1) is 15.4. The normalized spacial score (nSPS) is 10.7. The van der Waals surface area contributed by atoms with E-state index in [1.54, 1.807) is 25.1 Å². The molecule has 2 heterocycles. The molecular formula is C17H18N4OS. The van der Waals surface area contributed by atoms with Crippen LogP contribution >= 0.6 is 11.8 Å². The molecule has 1 aromatic carbocycles. The van der Waals surface area contributed by atoms with Crippen LogP contribution in [0, 0.1) is 0 Å². The molecule has 0 fully saturated rings. The minimum atomic E-state index is 0.536. The molecule has 0 saturated carbocycles. The highest BCUT2D eigenvalue weighted by Crippen LogP contribution is 2.28. The number of hydrogen-bond acceptors (Lipinski definition) is 6. The number of fused-ring (bicyclic) bond motifs is 1. The maximum atomic E-state index is 6.08. The fourth-order valence-corrected chi connectivity index (χ4v) is 2.73. The van der Waals surface area contributed by atoms with Gasteiger partial charge < -0.3 is 15.8 Å². The molecule has 0 amide bonds. The Morgan fingerprint density at radius 2 is 1.96 bits per heavy atom. The standard InChI is InChI=1S/C17H18N4OS/c1-22-15-8-7-13-16(14(18)10-20-17(13)21-15)19-9-11-3-5-12(23-2)6-4-11/h3-8,10H,9,18H2,1-2H3,(H,19,20,21). The van der Waals surface area contributed by atoms with E-state index < -0.39 is 0 Å². The van der Waals surface area contributed by atoms with Crippen molar-refractivity contribution in [3.8, 4) is 5.88 Å². The summed E-state index contributed by atoms with van der Waals surface area (Å²) in [5, 5.41) is 4.28. The number of nitrogen functional groups attached to an aromatic ring is 1. The largest absolute Gasteiger partial charge is 0.481 e. The third-order valence-electron chi connectivity index (χ3n) is 3.57. The van der Waals surface area contributed by atoms with Crippen LogP contribution in [0.25, 0.3) is 11.0 Å². The Labute approximate surface area is 139 Å². The van der Waals surface area contributed by atoms with Gasteiger partial charge in [0.2, 0.25) is 5.88 Å². The molecule has 0 saturated heterocycles. The topological polar surface area (TPSA) is 73.1 Å². The van der Waals surface area contributed by atoms with Crippen molar-refractivity contribution >= 4 is 34.2 Å². The van der Waals surface area contributed by atoms with Crippen molar-refractivity contribution in [2.75, 3.05) is 24.4 Å². The number of aromatic nitrogens is 2.